The number of aliphatic hydroxyl groups excluding tert-OH is 1. The Kier molecular flexibility index (Phi) is 8.37. The van der Waals surface area contributed by atoms with Gasteiger partial charge < -0.3 is 24.2 Å². The molecule has 31 heavy (non-hydrogen) atoms. The van der Waals surface area contributed by atoms with Crippen LogP contribution in [-0.4, -0.2) is 75.3 Å². The van der Waals surface area contributed by atoms with Crippen LogP contribution < -0.4 is 19.7 Å². The molecule has 0 aromatic heterocycles. The summed E-state index contributed by atoms with van der Waals surface area (Å²) in [6, 6.07) is 15.0. The van der Waals surface area contributed by atoms with Gasteiger partial charge in [0.15, 0.2) is 0 Å². The van der Waals surface area contributed by atoms with Crippen LogP contribution >= 0.6 is 0 Å². The van der Waals surface area contributed by atoms with Gasteiger partial charge in [-0.2, -0.15) is 0 Å². The van der Waals surface area contributed by atoms with E-state index in [1.54, 1.807) is 38.3 Å². The van der Waals surface area contributed by atoms with Gasteiger partial charge in [0.1, 0.15) is 24.2 Å². The number of nitrogens with zero attached hydrogens (tertiary/aromatic N) is 2. The van der Waals surface area contributed by atoms with Gasteiger partial charge in [-0.3, -0.25) is 10.2 Å². The number of carbonyl (C=O) groups is 1. The van der Waals surface area contributed by atoms with Gasteiger partial charge in [0.05, 0.1) is 19.4 Å². The predicted molar refractivity (Wildman–Crippen MR) is 120 cm³/mol. The number of methoxy groups -OCH3 is 1. The Hall–Kier alpha value is -2.97. The molecule has 2 N–H and O–H groups in total. The number of hydrogen-bond acceptors (Lipinski definition) is 7. The molecule has 8 nitrogen and oxygen atoms in total. The number of carbonyl (C=O) groups excluding carboxylic acids is 1. The van der Waals surface area contributed by atoms with Crippen molar-refractivity contribution in [2.24, 2.45) is 0 Å². The fraction of sp³-hybridized carbons (Fsp3) is 0.435. The quantitative estimate of drug-likeness (QED) is 0.634. The first-order valence-corrected chi connectivity index (χ1v) is 10.5. The fourth-order valence-corrected chi connectivity index (χ4v) is 3.53. The number of para-hydroxylation sites is 2. The molecule has 0 radical (unpaired) electrons. The molecule has 1 fully saturated rings. The van der Waals surface area contributed by atoms with E-state index in [1.807, 2.05) is 18.2 Å². The maximum Gasteiger partial charge on any atom is 0.411 e. The average Bonchev–Trinajstić information content (AvgIpc) is 2.79. The highest BCUT2D eigenvalue weighted by Gasteiger charge is 2.21. The summed E-state index contributed by atoms with van der Waals surface area (Å²) in [5.74, 6) is 1.52. The molecule has 1 amide bonds. The number of β-amino-alcohol motifs (C(OH)–C–C–N with tert-alkyl or cyclic N) is 1. The molecule has 2 aromatic rings. The zero-order chi connectivity index (χ0) is 22.1. The number of hydrogen-bond donors (Lipinski definition) is 2. The topological polar surface area (TPSA) is 83.5 Å². The van der Waals surface area contributed by atoms with E-state index in [-0.39, 0.29) is 6.61 Å². The van der Waals surface area contributed by atoms with E-state index < -0.39 is 12.2 Å². The van der Waals surface area contributed by atoms with Crippen LogP contribution in [0.15, 0.2) is 48.5 Å². The normalized spacial score (nSPS) is 15.3. The molecule has 0 spiro atoms. The van der Waals surface area contributed by atoms with E-state index in [2.05, 4.69) is 21.2 Å². The number of piperazine rings is 1. The highest BCUT2D eigenvalue weighted by Crippen LogP contribution is 2.28. The minimum atomic E-state index is -0.588. The number of aliphatic hydroxyl groups is 1. The monoisotopic (exact) mass is 429 g/mol. The second-order valence-electron chi connectivity index (χ2n) is 7.29. The van der Waals surface area contributed by atoms with Crippen LogP contribution in [0.25, 0.3) is 0 Å². The first-order chi connectivity index (χ1) is 15.1. The van der Waals surface area contributed by atoms with Crippen molar-refractivity contribution in [1.29, 1.82) is 0 Å². The summed E-state index contributed by atoms with van der Waals surface area (Å²) in [7, 11) is 1.69. The van der Waals surface area contributed by atoms with Gasteiger partial charge in [0.2, 0.25) is 0 Å². The highest BCUT2D eigenvalue weighted by atomic mass is 16.5. The van der Waals surface area contributed by atoms with Gasteiger partial charge in [0.25, 0.3) is 0 Å². The Labute approximate surface area is 183 Å². The Morgan fingerprint density at radius 1 is 1.10 bits per heavy atom. The van der Waals surface area contributed by atoms with Crippen molar-refractivity contribution < 1.29 is 24.1 Å². The molecule has 1 atom stereocenters. The van der Waals surface area contributed by atoms with E-state index in [1.165, 1.54) is 0 Å². The maximum absolute atomic E-state index is 11.4. The van der Waals surface area contributed by atoms with Gasteiger partial charge in [-0.25, -0.2) is 4.79 Å². The average molecular weight is 430 g/mol. The van der Waals surface area contributed by atoms with Crippen LogP contribution in [-0.2, 0) is 4.74 Å². The molecule has 0 aliphatic carbocycles. The maximum atomic E-state index is 11.4. The molecule has 1 unspecified atom stereocenters. The van der Waals surface area contributed by atoms with Crippen LogP contribution in [0.4, 0.5) is 16.2 Å². The van der Waals surface area contributed by atoms with Gasteiger partial charge in [0, 0.05) is 38.4 Å². The Bertz CT molecular complexity index is 822. The summed E-state index contributed by atoms with van der Waals surface area (Å²) in [6.07, 6.45) is -1.08. The molecule has 168 valence electrons. The zero-order valence-electron chi connectivity index (χ0n) is 18.1. The second kappa shape index (κ2) is 11.4. The van der Waals surface area contributed by atoms with Crippen molar-refractivity contribution in [3.63, 3.8) is 0 Å². The lowest BCUT2D eigenvalue weighted by molar-refractivity contribution is 0.0663. The summed E-state index contributed by atoms with van der Waals surface area (Å²) in [5, 5.41) is 13.0. The van der Waals surface area contributed by atoms with E-state index in [9.17, 15) is 9.90 Å². The summed E-state index contributed by atoms with van der Waals surface area (Å²) in [6.45, 7) is 6.32. The van der Waals surface area contributed by atoms with Gasteiger partial charge in [-0.15, -0.1) is 0 Å². The van der Waals surface area contributed by atoms with Crippen molar-refractivity contribution in [2.45, 2.75) is 13.0 Å². The lowest BCUT2D eigenvalue weighted by Gasteiger charge is -2.37. The summed E-state index contributed by atoms with van der Waals surface area (Å²) in [5.41, 5.74) is 1.73. The highest BCUT2D eigenvalue weighted by molar-refractivity contribution is 5.84. The van der Waals surface area contributed by atoms with E-state index in [4.69, 9.17) is 14.2 Å². The molecule has 0 saturated carbocycles. The Balaban J connectivity index is 1.39. The van der Waals surface area contributed by atoms with E-state index in [0.29, 0.717) is 24.6 Å². The van der Waals surface area contributed by atoms with Crippen molar-refractivity contribution in [3.8, 4) is 11.5 Å². The van der Waals surface area contributed by atoms with Crippen LogP contribution in [0.3, 0.4) is 0 Å². The van der Waals surface area contributed by atoms with E-state index >= 15 is 0 Å². The Morgan fingerprint density at radius 3 is 2.48 bits per heavy atom. The summed E-state index contributed by atoms with van der Waals surface area (Å²) < 4.78 is 16.0. The van der Waals surface area contributed by atoms with Gasteiger partial charge in [-0.05, 0) is 43.3 Å². The molecule has 1 saturated heterocycles. The van der Waals surface area contributed by atoms with Gasteiger partial charge in [-0.1, -0.05) is 12.1 Å². The number of amides is 1. The van der Waals surface area contributed by atoms with Gasteiger partial charge >= 0.3 is 6.09 Å². The van der Waals surface area contributed by atoms with Crippen molar-refractivity contribution in [3.05, 3.63) is 48.5 Å². The number of nitrogens with one attached hydrogen (secondary N) is 1. The largest absolute Gasteiger partial charge is 0.495 e. The molecule has 1 aliphatic rings. The molecule has 1 heterocycles. The van der Waals surface area contributed by atoms with Crippen molar-refractivity contribution in [2.75, 3.05) is 63.3 Å². The van der Waals surface area contributed by atoms with Crippen LogP contribution in [0.2, 0.25) is 0 Å². The number of benzene rings is 2. The number of rotatable bonds is 9. The molecular formula is C23H31N3O5. The zero-order valence-corrected chi connectivity index (χ0v) is 18.1. The lowest BCUT2D eigenvalue weighted by atomic mass is 10.2. The van der Waals surface area contributed by atoms with E-state index in [0.717, 1.165) is 37.6 Å². The SMILES string of the molecule is CCOC(=O)Nc1ccc(OCC(O)CN2CCN(c3ccccc3OC)CC2)cc1. The minimum Gasteiger partial charge on any atom is -0.495 e. The molecule has 2 aromatic carbocycles. The molecule has 0 bridgehead atoms. The number of ether oxygens (including phenoxy) is 3. The smallest absolute Gasteiger partial charge is 0.411 e. The Morgan fingerprint density at radius 2 is 1.81 bits per heavy atom. The second-order valence-corrected chi connectivity index (χ2v) is 7.29. The van der Waals surface area contributed by atoms with Crippen molar-refractivity contribution >= 4 is 17.5 Å². The molecular weight excluding hydrogens is 398 g/mol. The lowest BCUT2D eigenvalue weighted by Crippen LogP contribution is -2.49. The first-order valence-electron chi connectivity index (χ1n) is 10.5. The summed E-state index contributed by atoms with van der Waals surface area (Å²) in [4.78, 5) is 16.0. The van der Waals surface area contributed by atoms with Crippen LogP contribution in [0.5, 0.6) is 11.5 Å². The standard InChI is InChI=1S/C23H31N3O5/c1-3-30-23(28)24-18-8-10-20(11-9-18)31-17-19(27)16-25-12-14-26(15-13-25)21-6-4-5-7-22(21)29-2/h4-11,19,27H,3,12-17H2,1-2H3,(H,24,28). The third-order valence-corrected chi connectivity index (χ3v) is 5.09. The third kappa shape index (κ3) is 6.77. The van der Waals surface area contributed by atoms with Crippen LogP contribution in [0, 0.1) is 0 Å². The van der Waals surface area contributed by atoms with Crippen molar-refractivity contribution in [1.82, 2.24) is 4.90 Å². The first kappa shape index (κ1) is 22.7. The number of anilines is 2. The molecule has 8 heteroatoms. The van der Waals surface area contributed by atoms with Crippen LogP contribution in [0.1, 0.15) is 6.92 Å². The molecule has 1 aliphatic heterocycles. The minimum absolute atomic E-state index is 0.206. The predicted octanol–water partition coefficient (Wildman–Crippen LogP) is 2.83. The molecule has 3 rings (SSSR count). The third-order valence-electron chi connectivity index (χ3n) is 5.09. The summed E-state index contributed by atoms with van der Waals surface area (Å²) >= 11 is 0. The fourth-order valence-electron chi connectivity index (χ4n) is 3.53.